The number of anilines is 1. The van der Waals surface area contributed by atoms with Gasteiger partial charge in [0.15, 0.2) is 0 Å². The van der Waals surface area contributed by atoms with E-state index in [9.17, 15) is 13.8 Å². The highest BCUT2D eigenvalue weighted by molar-refractivity contribution is 7.87. The van der Waals surface area contributed by atoms with Crippen LogP contribution in [0.3, 0.4) is 0 Å². The summed E-state index contributed by atoms with van der Waals surface area (Å²) in [7, 11) is -1.34. The first-order chi connectivity index (χ1) is 12.5. The Kier molecular flexibility index (Phi) is 6.80. The fraction of sp³-hybridized carbons (Fsp3) is 0.722. The molecule has 0 aliphatic carbocycles. The number of carbonyl (C=O) groups is 2. The average molecular weight is 400 g/mol. The Labute approximate surface area is 162 Å². The lowest BCUT2D eigenvalue weighted by Gasteiger charge is -2.29. The second-order valence-electron chi connectivity index (χ2n) is 7.94. The van der Waals surface area contributed by atoms with Crippen LogP contribution in [0.25, 0.3) is 0 Å². The van der Waals surface area contributed by atoms with Gasteiger partial charge in [-0.05, 0) is 26.7 Å². The van der Waals surface area contributed by atoms with Gasteiger partial charge in [-0.15, -0.1) is 0 Å². The quantitative estimate of drug-likeness (QED) is 0.722. The van der Waals surface area contributed by atoms with Crippen LogP contribution in [0.4, 0.5) is 5.88 Å². The molecule has 0 bridgehead atoms. The van der Waals surface area contributed by atoms with Gasteiger partial charge in [-0.25, -0.2) is 0 Å². The average Bonchev–Trinajstić information content (AvgIpc) is 3.09. The van der Waals surface area contributed by atoms with Crippen molar-refractivity contribution in [3.8, 4) is 0 Å². The van der Waals surface area contributed by atoms with Crippen molar-refractivity contribution in [3.63, 3.8) is 0 Å². The Hall–Kier alpha value is -1.74. The molecule has 1 aliphatic rings. The SMILES string of the molecule is CC(=O)NCC(C)(C)c1cc(NC(=O)C(C)(C)[S@@](=O)C2CCOCC2)on1. The van der Waals surface area contributed by atoms with Crippen LogP contribution in [-0.2, 0) is 30.5 Å². The van der Waals surface area contributed by atoms with Crippen LogP contribution < -0.4 is 10.6 Å². The van der Waals surface area contributed by atoms with E-state index in [1.54, 1.807) is 19.9 Å². The van der Waals surface area contributed by atoms with Crippen molar-refractivity contribution in [2.75, 3.05) is 25.1 Å². The van der Waals surface area contributed by atoms with Gasteiger partial charge in [0.25, 0.3) is 0 Å². The molecule has 2 N–H and O–H groups in total. The molecule has 2 amide bonds. The molecule has 1 aromatic heterocycles. The maximum atomic E-state index is 12.9. The van der Waals surface area contributed by atoms with Gasteiger partial charge in [-0.2, -0.15) is 0 Å². The maximum Gasteiger partial charge on any atom is 0.245 e. The molecule has 9 heteroatoms. The highest BCUT2D eigenvalue weighted by Crippen LogP contribution is 2.27. The summed E-state index contributed by atoms with van der Waals surface area (Å²) in [5.41, 5.74) is 0.147. The van der Waals surface area contributed by atoms with E-state index in [0.29, 0.717) is 38.3 Å². The fourth-order valence-corrected chi connectivity index (χ4v) is 4.44. The highest BCUT2D eigenvalue weighted by atomic mass is 32.2. The lowest BCUT2D eigenvalue weighted by Crippen LogP contribution is -2.46. The summed E-state index contributed by atoms with van der Waals surface area (Å²) < 4.78 is 22.3. The predicted molar refractivity (Wildman–Crippen MR) is 103 cm³/mol. The van der Waals surface area contributed by atoms with Crippen molar-refractivity contribution < 1.29 is 23.1 Å². The molecule has 1 atom stereocenters. The molecule has 2 heterocycles. The fourth-order valence-electron chi connectivity index (χ4n) is 2.75. The van der Waals surface area contributed by atoms with E-state index in [4.69, 9.17) is 9.26 Å². The normalized spacial score (nSPS) is 17.4. The first kappa shape index (κ1) is 21.6. The molecule has 2 rings (SSSR count). The number of aromatic nitrogens is 1. The minimum Gasteiger partial charge on any atom is -0.381 e. The molecule has 8 nitrogen and oxygen atoms in total. The molecule has 0 spiro atoms. The van der Waals surface area contributed by atoms with Gasteiger partial charge in [0, 0.05) is 54.2 Å². The van der Waals surface area contributed by atoms with E-state index in [0.717, 1.165) is 0 Å². The summed E-state index contributed by atoms with van der Waals surface area (Å²) >= 11 is 0. The Morgan fingerprint density at radius 1 is 1.26 bits per heavy atom. The number of amides is 2. The van der Waals surface area contributed by atoms with Crippen LogP contribution in [0, 0.1) is 0 Å². The van der Waals surface area contributed by atoms with Crippen molar-refractivity contribution in [1.29, 1.82) is 0 Å². The molecule has 1 aliphatic heterocycles. The number of hydrogen-bond acceptors (Lipinski definition) is 6. The molecule has 0 unspecified atom stereocenters. The van der Waals surface area contributed by atoms with Crippen LogP contribution in [0.1, 0.15) is 53.2 Å². The summed E-state index contributed by atoms with van der Waals surface area (Å²) in [5, 5.41) is 9.38. The van der Waals surface area contributed by atoms with Gasteiger partial charge in [-0.1, -0.05) is 19.0 Å². The molecular formula is C18H29N3O5S. The maximum absolute atomic E-state index is 12.9. The number of nitrogens with zero attached hydrogens (tertiary/aromatic N) is 1. The third kappa shape index (κ3) is 5.38. The summed E-state index contributed by atoms with van der Waals surface area (Å²) in [6, 6.07) is 1.63. The minimum atomic E-state index is -1.34. The molecule has 1 saturated heterocycles. The summed E-state index contributed by atoms with van der Waals surface area (Å²) in [6.07, 6.45) is 1.38. The van der Waals surface area contributed by atoms with Crippen LogP contribution in [0.15, 0.2) is 10.6 Å². The van der Waals surface area contributed by atoms with Crippen LogP contribution in [0.2, 0.25) is 0 Å². The molecule has 0 saturated carbocycles. The standard InChI is InChI=1S/C18H29N3O5S/c1-12(22)19-11-17(2,3)14-10-15(26-21-14)20-16(23)18(4,5)27(24)13-6-8-25-9-7-13/h10,13H,6-9,11H2,1-5H3,(H,19,22)(H,20,23)/t27-/m0/s1. The van der Waals surface area contributed by atoms with E-state index in [1.807, 2.05) is 13.8 Å². The number of nitrogens with one attached hydrogen (secondary N) is 2. The Bertz CT molecular complexity index is 708. The lowest BCUT2D eigenvalue weighted by atomic mass is 9.89. The van der Waals surface area contributed by atoms with Crippen molar-refractivity contribution in [2.45, 2.75) is 62.9 Å². The van der Waals surface area contributed by atoms with E-state index in [2.05, 4.69) is 15.8 Å². The molecular weight excluding hydrogens is 370 g/mol. The lowest BCUT2D eigenvalue weighted by molar-refractivity contribution is -0.119. The number of rotatable bonds is 7. The topological polar surface area (TPSA) is 111 Å². The largest absolute Gasteiger partial charge is 0.381 e. The van der Waals surface area contributed by atoms with Gasteiger partial charge >= 0.3 is 0 Å². The summed E-state index contributed by atoms with van der Waals surface area (Å²) in [5.74, 6) is -0.310. The van der Waals surface area contributed by atoms with Gasteiger partial charge in [-0.3, -0.25) is 19.1 Å². The predicted octanol–water partition coefficient (Wildman–Crippen LogP) is 1.73. The van der Waals surface area contributed by atoms with Crippen LogP contribution in [0.5, 0.6) is 0 Å². The Morgan fingerprint density at radius 2 is 1.89 bits per heavy atom. The summed E-state index contributed by atoms with van der Waals surface area (Å²) in [6.45, 7) is 10.2. The minimum absolute atomic E-state index is 0.0543. The molecule has 1 aromatic rings. The van der Waals surface area contributed by atoms with E-state index >= 15 is 0 Å². The number of hydrogen-bond donors (Lipinski definition) is 2. The number of ether oxygens (including phenoxy) is 1. The smallest absolute Gasteiger partial charge is 0.245 e. The Morgan fingerprint density at radius 3 is 2.48 bits per heavy atom. The molecule has 0 radical (unpaired) electrons. The Balaban J connectivity index is 2.03. The van der Waals surface area contributed by atoms with Crippen molar-refractivity contribution in [1.82, 2.24) is 10.5 Å². The van der Waals surface area contributed by atoms with Gasteiger partial charge in [0.2, 0.25) is 17.7 Å². The van der Waals surface area contributed by atoms with Crippen molar-refractivity contribution in [3.05, 3.63) is 11.8 Å². The van der Waals surface area contributed by atoms with Crippen molar-refractivity contribution in [2.24, 2.45) is 0 Å². The number of carbonyl (C=O) groups excluding carboxylic acids is 2. The van der Waals surface area contributed by atoms with Gasteiger partial charge in [0.1, 0.15) is 4.75 Å². The first-order valence-electron chi connectivity index (χ1n) is 9.05. The second-order valence-corrected chi connectivity index (χ2v) is 10.2. The van der Waals surface area contributed by atoms with Crippen LogP contribution >= 0.6 is 0 Å². The zero-order valence-electron chi connectivity index (χ0n) is 16.6. The monoisotopic (exact) mass is 399 g/mol. The first-order valence-corrected chi connectivity index (χ1v) is 10.3. The highest BCUT2D eigenvalue weighted by Gasteiger charge is 2.40. The molecule has 1 fully saturated rings. The second kappa shape index (κ2) is 8.52. The summed E-state index contributed by atoms with van der Waals surface area (Å²) in [4.78, 5) is 23.8. The molecule has 27 heavy (non-hydrogen) atoms. The zero-order chi connectivity index (χ0) is 20.2. The van der Waals surface area contributed by atoms with Crippen LogP contribution in [-0.4, -0.2) is 50.9 Å². The van der Waals surface area contributed by atoms with Crippen molar-refractivity contribution >= 4 is 28.5 Å². The zero-order valence-corrected chi connectivity index (χ0v) is 17.4. The molecule has 152 valence electrons. The van der Waals surface area contributed by atoms with Gasteiger partial charge < -0.3 is 14.6 Å². The third-order valence-electron chi connectivity index (χ3n) is 4.74. The third-order valence-corrected chi connectivity index (χ3v) is 7.01. The van der Waals surface area contributed by atoms with E-state index in [-0.39, 0.29) is 22.9 Å². The van der Waals surface area contributed by atoms with E-state index in [1.165, 1.54) is 6.92 Å². The van der Waals surface area contributed by atoms with Gasteiger partial charge in [0.05, 0.1) is 5.69 Å². The molecule has 0 aromatic carbocycles. The van der Waals surface area contributed by atoms with E-state index < -0.39 is 21.0 Å².